The van der Waals surface area contributed by atoms with Crippen molar-refractivity contribution in [1.29, 1.82) is 0 Å². The molecule has 2 rings (SSSR count). The number of rotatable bonds is 3. The molecule has 20 heavy (non-hydrogen) atoms. The second-order valence-corrected chi connectivity index (χ2v) is 4.81. The molecule has 0 bridgehead atoms. The van der Waals surface area contributed by atoms with Gasteiger partial charge < -0.3 is 16.4 Å². The fourth-order valence-electron chi connectivity index (χ4n) is 1.78. The van der Waals surface area contributed by atoms with E-state index in [4.69, 9.17) is 17.3 Å². The molecule has 0 spiro atoms. The van der Waals surface area contributed by atoms with Crippen molar-refractivity contribution in [2.75, 3.05) is 10.6 Å². The van der Waals surface area contributed by atoms with Gasteiger partial charge in [-0.3, -0.25) is 0 Å². The van der Waals surface area contributed by atoms with Crippen molar-refractivity contribution >= 4 is 29.0 Å². The summed E-state index contributed by atoms with van der Waals surface area (Å²) in [7, 11) is 0. The number of amides is 2. The molecule has 2 aromatic rings. The van der Waals surface area contributed by atoms with E-state index in [0.717, 1.165) is 11.1 Å². The van der Waals surface area contributed by atoms with Crippen LogP contribution in [0.2, 0.25) is 5.02 Å². The second kappa shape index (κ2) is 6.41. The van der Waals surface area contributed by atoms with Crippen LogP contribution < -0.4 is 16.4 Å². The van der Waals surface area contributed by atoms with Gasteiger partial charge in [0.15, 0.2) is 0 Å². The molecule has 104 valence electrons. The van der Waals surface area contributed by atoms with Crippen LogP contribution in [-0.4, -0.2) is 6.03 Å². The number of carbonyl (C=O) groups is 1. The van der Waals surface area contributed by atoms with Gasteiger partial charge in [-0.25, -0.2) is 4.79 Å². The Labute approximate surface area is 122 Å². The van der Waals surface area contributed by atoms with Gasteiger partial charge in [0.2, 0.25) is 0 Å². The topological polar surface area (TPSA) is 67.2 Å². The van der Waals surface area contributed by atoms with Crippen molar-refractivity contribution in [3.8, 4) is 0 Å². The standard InChI is InChI=1S/C15H16ClN3O/c1-10-6-7-12(8-13(10)16)18-15(20)19-14-5-3-2-4-11(14)9-17/h2-8H,9,17H2,1H3,(H2,18,19,20). The van der Waals surface area contributed by atoms with Crippen LogP contribution in [0.1, 0.15) is 11.1 Å². The monoisotopic (exact) mass is 289 g/mol. The highest BCUT2D eigenvalue weighted by atomic mass is 35.5. The summed E-state index contributed by atoms with van der Waals surface area (Å²) in [6, 6.07) is 12.4. The summed E-state index contributed by atoms with van der Waals surface area (Å²) in [5.74, 6) is 0. The van der Waals surface area contributed by atoms with Crippen LogP contribution in [0.15, 0.2) is 42.5 Å². The van der Waals surface area contributed by atoms with Crippen LogP contribution in [0, 0.1) is 6.92 Å². The SMILES string of the molecule is Cc1ccc(NC(=O)Nc2ccccc2CN)cc1Cl. The number of para-hydroxylation sites is 1. The molecular weight excluding hydrogens is 274 g/mol. The number of hydrogen-bond donors (Lipinski definition) is 3. The lowest BCUT2D eigenvalue weighted by Gasteiger charge is -2.11. The van der Waals surface area contributed by atoms with Crippen molar-refractivity contribution in [3.63, 3.8) is 0 Å². The zero-order chi connectivity index (χ0) is 14.5. The number of anilines is 2. The van der Waals surface area contributed by atoms with Crippen LogP contribution in [-0.2, 0) is 6.54 Å². The van der Waals surface area contributed by atoms with E-state index in [1.807, 2.05) is 37.3 Å². The molecule has 2 aromatic carbocycles. The lowest BCUT2D eigenvalue weighted by Crippen LogP contribution is -2.20. The fraction of sp³-hybridized carbons (Fsp3) is 0.133. The molecule has 0 aliphatic heterocycles. The Morgan fingerprint density at radius 3 is 2.65 bits per heavy atom. The fourth-order valence-corrected chi connectivity index (χ4v) is 1.96. The van der Waals surface area contributed by atoms with Gasteiger partial charge in [0.25, 0.3) is 0 Å². The smallest absolute Gasteiger partial charge is 0.323 e. The summed E-state index contributed by atoms with van der Waals surface area (Å²) < 4.78 is 0. The second-order valence-electron chi connectivity index (χ2n) is 4.40. The molecule has 0 atom stereocenters. The first-order chi connectivity index (χ1) is 9.60. The molecule has 0 saturated carbocycles. The van der Waals surface area contributed by atoms with Crippen molar-refractivity contribution < 1.29 is 4.79 Å². The molecule has 0 heterocycles. The minimum Gasteiger partial charge on any atom is -0.326 e. The van der Waals surface area contributed by atoms with Crippen LogP contribution in [0.4, 0.5) is 16.2 Å². The maximum atomic E-state index is 11.9. The minimum absolute atomic E-state index is 0.328. The Morgan fingerprint density at radius 1 is 1.20 bits per heavy atom. The maximum absolute atomic E-state index is 11.9. The van der Waals surface area contributed by atoms with Gasteiger partial charge >= 0.3 is 6.03 Å². The van der Waals surface area contributed by atoms with Gasteiger partial charge in [0.1, 0.15) is 0 Å². The Kier molecular flexibility index (Phi) is 4.61. The number of urea groups is 1. The molecule has 2 amide bonds. The van der Waals surface area contributed by atoms with Crippen molar-refractivity contribution in [2.24, 2.45) is 5.73 Å². The number of nitrogens with two attached hydrogens (primary N) is 1. The highest BCUT2D eigenvalue weighted by Crippen LogP contribution is 2.20. The third-order valence-electron chi connectivity index (χ3n) is 2.92. The average Bonchev–Trinajstić information content (AvgIpc) is 2.43. The van der Waals surface area contributed by atoms with Gasteiger partial charge in [-0.1, -0.05) is 35.9 Å². The van der Waals surface area contributed by atoms with Crippen molar-refractivity contribution in [2.45, 2.75) is 13.5 Å². The molecule has 0 fully saturated rings. The zero-order valence-electron chi connectivity index (χ0n) is 11.1. The third kappa shape index (κ3) is 3.50. The van der Waals surface area contributed by atoms with Crippen LogP contribution in [0.3, 0.4) is 0 Å². The van der Waals surface area contributed by atoms with E-state index < -0.39 is 0 Å². The number of hydrogen-bond acceptors (Lipinski definition) is 2. The van der Waals surface area contributed by atoms with Gasteiger partial charge in [0.05, 0.1) is 0 Å². The van der Waals surface area contributed by atoms with E-state index in [2.05, 4.69) is 10.6 Å². The van der Waals surface area contributed by atoms with E-state index in [9.17, 15) is 4.79 Å². The van der Waals surface area contributed by atoms with Crippen LogP contribution >= 0.6 is 11.6 Å². The van der Waals surface area contributed by atoms with Gasteiger partial charge in [-0.05, 0) is 36.2 Å². The van der Waals surface area contributed by atoms with Gasteiger partial charge in [0, 0.05) is 22.9 Å². The molecule has 0 aromatic heterocycles. The number of aryl methyl sites for hydroxylation is 1. The van der Waals surface area contributed by atoms with E-state index >= 15 is 0 Å². The molecule has 5 heteroatoms. The largest absolute Gasteiger partial charge is 0.326 e. The lowest BCUT2D eigenvalue weighted by atomic mass is 10.2. The maximum Gasteiger partial charge on any atom is 0.323 e. The summed E-state index contributed by atoms with van der Waals surface area (Å²) in [5, 5.41) is 6.12. The van der Waals surface area contributed by atoms with Crippen LogP contribution in [0.25, 0.3) is 0 Å². The van der Waals surface area contributed by atoms with Crippen LogP contribution in [0.5, 0.6) is 0 Å². The Balaban J connectivity index is 2.07. The number of halogens is 1. The average molecular weight is 290 g/mol. The van der Waals surface area contributed by atoms with E-state index in [1.54, 1.807) is 12.1 Å². The molecule has 0 radical (unpaired) electrons. The minimum atomic E-state index is -0.328. The zero-order valence-corrected chi connectivity index (χ0v) is 11.9. The predicted molar refractivity (Wildman–Crippen MR) is 83.2 cm³/mol. The Hall–Kier alpha value is -2.04. The first kappa shape index (κ1) is 14.4. The normalized spacial score (nSPS) is 10.2. The summed E-state index contributed by atoms with van der Waals surface area (Å²) in [6.45, 7) is 2.27. The molecular formula is C15H16ClN3O. The number of benzene rings is 2. The van der Waals surface area contributed by atoms with Gasteiger partial charge in [-0.15, -0.1) is 0 Å². The predicted octanol–water partition coefficient (Wildman–Crippen LogP) is 3.75. The number of carbonyl (C=O) groups excluding carboxylic acids is 1. The van der Waals surface area contributed by atoms with Crippen molar-refractivity contribution in [3.05, 3.63) is 58.6 Å². The highest BCUT2D eigenvalue weighted by molar-refractivity contribution is 6.31. The van der Waals surface area contributed by atoms with Gasteiger partial charge in [-0.2, -0.15) is 0 Å². The molecule has 4 N–H and O–H groups in total. The first-order valence-corrected chi connectivity index (χ1v) is 6.60. The summed E-state index contributed by atoms with van der Waals surface area (Å²) in [4.78, 5) is 11.9. The lowest BCUT2D eigenvalue weighted by molar-refractivity contribution is 0.262. The summed E-state index contributed by atoms with van der Waals surface area (Å²) in [6.07, 6.45) is 0. The summed E-state index contributed by atoms with van der Waals surface area (Å²) >= 11 is 6.02. The Bertz CT molecular complexity index is 628. The first-order valence-electron chi connectivity index (χ1n) is 6.22. The third-order valence-corrected chi connectivity index (χ3v) is 3.32. The molecule has 0 aliphatic carbocycles. The summed E-state index contributed by atoms with van der Waals surface area (Å²) in [5.41, 5.74) is 8.81. The quantitative estimate of drug-likeness (QED) is 0.805. The van der Waals surface area contributed by atoms with E-state index in [1.165, 1.54) is 0 Å². The van der Waals surface area contributed by atoms with Crippen molar-refractivity contribution in [1.82, 2.24) is 0 Å². The number of nitrogens with one attached hydrogen (secondary N) is 2. The molecule has 0 saturated heterocycles. The molecule has 0 unspecified atom stereocenters. The van der Waals surface area contributed by atoms with E-state index in [-0.39, 0.29) is 6.03 Å². The van der Waals surface area contributed by atoms with E-state index in [0.29, 0.717) is 22.9 Å². The molecule has 4 nitrogen and oxygen atoms in total. The Morgan fingerprint density at radius 2 is 1.95 bits per heavy atom. The highest BCUT2D eigenvalue weighted by Gasteiger charge is 2.06. The molecule has 0 aliphatic rings.